The molecule has 2 aromatic carbocycles. The molecule has 0 radical (unpaired) electrons. The Labute approximate surface area is 190 Å². The molecule has 172 valence electrons. The van der Waals surface area contributed by atoms with E-state index in [1.54, 1.807) is 12.1 Å². The van der Waals surface area contributed by atoms with Crippen LogP contribution in [0.1, 0.15) is 57.8 Å². The van der Waals surface area contributed by atoms with E-state index < -0.39 is 0 Å². The topological polar surface area (TPSA) is 50.2 Å². The van der Waals surface area contributed by atoms with Gasteiger partial charge in [-0.2, -0.15) is 0 Å². The first-order chi connectivity index (χ1) is 15.3. The van der Waals surface area contributed by atoms with Gasteiger partial charge in [-0.25, -0.2) is 9.37 Å². The minimum Gasteiger partial charge on any atom is -0.339 e. The summed E-state index contributed by atoms with van der Waals surface area (Å²) >= 11 is 0. The number of carbonyl (C=O) groups excluding carboxylic acids is 1. The second-order valence-corrected chi connectivity index (χ2v) is 9.17. The Bertz CT molecular complexity index is 1030. The molecule has 0 atom stereocenters. The Balaban J connectivity index is 1.89. The van der Waals surface area contributed by atoms with Crippen molar-refractivity contribution >= 4 is 28.6 Å². The number of halogens is 1. The van der Waals surface area contributed by atoms with Gasteiger partial charge in [-0.05, 0) is 74.1 Å². The van der Waals surface area contributed by atoms with Crippen LogP contribution in [0, 0.1) is 17.7 Å². The lowest BCUT2D eigenvalue weighted by molar-refractivity contribution is 0.0741. The zero-order valence-corrected chi connectivity index (χ0v) is 19.9. The molecule has 0 saturated heterocycles. The third-order valence-corrected chi connectivity index (χ3v) is 5.65. The van der Waals surface area contributed by atoms with Gasteiger partial charge in [0.25, 0.3) is 5.91 Å². The van der Waals surface area contributed by atoms with Gasteiger partial charge < -0.3 is 14.8 Å². The molecule has 1 N–H and O–H groups in total. The normalized spacial score (nSPS) is 11.5. The van der Waals surface area contributed by atoms with Crippen LogP contribution in [0.2, 0.25) is 0 Å². The quantitative estimate of drug-likeness (QED) is 0.394. The second kappa shape index (κ2) is 10.6. The van der Waals surface area contributed by atoms with Crippen LogP contribution in [0.3, 0.4) is 0 Å². The number of aryl methyl sites for hydroxylation is 1. The Kier molecular flexibility index (Phi) is 7.89. The molecule has 3 rings (SSSR count). The van der Waals surface area contributed by atoms with E-state index in [0.717, 1.165) is 42.7 Å². The summed E-state index contributed by atoms with van der Waals surface area (Å²) in [5.74, 6) is 1.57. The van der Waals surface area contributed by atoms with Crippen LogP contribution >= 0.6 is 0 Å². The van der Waals surface area contributed by atoms with E-state index in [1.165, 1.54) is 12.1 Å². The fourth-order valence-corrected chi connectivity index (χ4v) is 3.66. The number of anilines is 2. The fourth-order valence-electron chi connectivity index (χ4n) is 3.66. The first-order valence-corrected chi connectivity index (χ1v) is 11.6. The minimum absolute atomic E-state index is 0.0742. The third kappa shape index (κ3) is 5.87. The lowest BCUT2D eigenvalue weighted by Crippen LogP contribution is -2.34. The lowest BCUT2D eigenvalue weighted by atomic mass is 10.1. The summed E-state index contributed by atoms with van der Waals surface area (Å²) in [6, 6.07) is 11.9. The molecule has 5 nitrogen and oxygen atoms in total. The van der Waals surface area contributed by atoms with Crippen LogP contribution in [0.15, 0.2) is 42.5 Å². The number of aromatic nitrogens is 2. The van der Waals surface area contributed by atoms with Gasteiger partial charge in [-0.1, -0.05) is 27.7 Å². The molecule has 0 bridgehead atoms. The van der Waals surface area contributed by atoms with Crippen LogP contribution in [-0.4, -0.2) is 33.4 Å². The summed E-state index contributed by atoms with van der Waals surface area (Å²) in [4.78, 5) is 20.1. The van der Waals surface area contributed by atoms with Crippen molar-refractivity contribution in [3.63, 3.8) is 0 Å². The van der Waals surface area contributed by atoms with Gasteiger partial charge in [0, 0.05) is 30.9 Å². The highest BCUT2D eigenvalue weighted by Crippen LogP contribution is 2.25. The van der Waals surface area contributed by atoms with Crippen LogP contribution in [0.25, 0.3) is 11.0 Å². The molecule has 32 heavy (non-hydrogen) atoms. The molecule has 3 aromatic rings. The first-order valence-electron chi connectivity index (χ1n) is 11.6. The van der Waals surface area contributed by atoms with E-state index in [4.69, 9.17) is 4.98 Å². The highest BCUT2D eigenvalue weighted by atomic mass is 19.1. The number of benzene rings is 2. The van der Waals surface area contributed by atoms with Crippen molar-refractivity contribution in [2.45, 2.75) is 54.0 Å². The number of fused-ring (bicyclic) bond motifs is 1. The number of amides is 1. The first kappa shape index (κ1) is 23.8. The standard InChI is InChI=1S/C26H35FN4O/c1-6-31-24-17-20(25(32)30(15-13-18(2)3)16-14-19(4)5)7-12-23(24)29-26(31)28-22-10-8-21(27)9-11-22/h7-12,17-19H,6,13-16H2,1-5H3,(H,28,29). The van der Waals surface area contributed by atoms with E-state index >= 15 is 0 Å². The van der Waals surface area contributed by atoms with Gasteiger partial charge in [-0.15, -0.1) is 0 Å². The van der Waals surface area contributed by atoms with Gasteiger partial charge in [-0.3, -0.25) is 4.79 Å². The van der Waals surface area contributed by atoms with E-state index in [-0.39, 0.29) is 11.7 Å². The van der Waals surface area contributed by atoms with E-state index in [2.05, 4.69) is 33.0 Å². The van der Waals surface area contributed by atoms with Crippen molar-refractivity contribution in [1.29, 1.82) is 0 Å². The summed E-state index contributed by atoms with van der Waals surface area (Å²) < 4.78 is 15.3. The van der Waals surface area contributed by atoms with Gasteiger partial charge in [0.05, 0.1) is 11.0 Å². The number of carbonyl (C=O) groups is 1. The van der Waals surface area contributed by atoms with Crippen LogP contribution in [0.4, 0.5) is 16.0 Å². The van der Waals surface area contributed by atoms with Crippen molar-refractivity contribution in [3.8, 4) is 0 Å². The number of hydrogen-bond donors (Lipinski definition) is 1. The number of nitrogens with one attached hydrogen (secondary N) is 1. The third-order valence-electron chi connectivity index (χ3n) is 5.65. The zero-order valence-electron chi connectivity index (χ0n) is 19.9. The summed E-state index contributed by atoms with van der Waals surface area (Å²) in [6.45, 7) is 13.0. The fraction of sp³-hybridized carbons (Fsp3) is 0.462. The predicted octanol–water partition coefficient (Wildman–Crippen LogP) is 6.47. The molecular formula is C26H35FN4O. The van der Waals surface area contributed by atoms with Gasteiger partial charge >= 0.3 is 0 Å². The SMILES string of the molecule is CCn1c(Nc2ccc(F)cc2)nc2ccc(C(=O)N(CCC(C)C)CCC(C)C)cc21. The summed E-state index contributed by atoms with van der Waals surface area (Å²) in [5, 5.41) is 3.27. The molecule has 0 fully saturated rings. The number of imidazole rings is 1. The van der Waals surface area contributed by atoms with Crippen molar-refractivity contribution < 1.29 is 9.18 Å². The Morgan fingerprint density at radius 2 is 1.66 bits per heavy atom. The average molecular weight is 439 g/mol. The minimum atomic E-state index is -0.276. The maximum atomic E-state index is 13.4. The second-order valence-electron chi connectivity index (χ2n) is 9.17. The van der Waals surface area contributed by atoms with E-state index in [9.17, 15) is 9.18 Å². The molecule has 0 spiro atoms. The predicted molar refractivity (Wildman–Crippen MR) is 130 cm³/mol. The van der Waals surface area contributed by atoms with Gasteiger partial charge in [0.15, 0.2) is 0 Å². The summed E-state index contributed by atoms with van der Waals surface area (Å²) in [6.07, 6.45) is 1.98. The molecule has 1 aromatic heterocycles. The lowest BCUT2D eigenvalue weighted by Gasteiger charge is -2.24. The molecule has 1 amide bonds. The molecule has 1 heterocycles. The molecule has 0 aliphatic heterocycles. The maximum absolute atomic E-state index is 13.4. The van der Waals surface area contributed by atoms with E-state index in [0.29, 0.717) is 29.9 Å². The average Bonchev–Trinajstić information content (AvgIpc) is 3.10. The van der Waals surface area contributed by atoms with Crippen LogP contribution < -0.4 is 5.32 Å². The summed E-state index contributed by atoms with van der Waals surface area (Å²) in [5.41, 5.74) is 3.19. The monoisotopic (exact) mass is 438 g/mol. The maximum Gasteiger partial charge on any atom is 0.253 e. The zero-order chi connectivity index (χ0) is 23.3. The largest absolute Gasteiger partial charge is 0.339 e. The Hall–Kier alpha value is -2.89. The Morgan fingerprint density at radius 1 is 1.03 bits per heavy atom. The molecular weight excluding hydrogens is 403 g/mol. The molecule has 0 aliphatic rings. The van der Waals surface area contributed by atoms with Crippen molar-refractivity contribution in [2.24, 2.45) is 11.8 Å². The smallest absolute Gasteiger partial charge is 0.253 e. The van der Waals surface area contributed by atoms with E-state index in [1.807, 2.05) is 34.6 Å². The number of hydrogen-bond acceptors (Lipinski definition) is 3. The van der Waals surface area contributed by atoms with Crippen LogP contribution in [0.5, 0.6) is 0 Å². The molecule has 0 unspecified atom stereocenters. The van der Waals surface area contributed by atoms with Gasteiger partial charge in [0.2, 0.25) is 5.95 Å². The Morgan fingerprint density at radius 3 is 2.22 bits per heavy atom. The number of rotatable bonds is 10. The van der Waals surface area contributed by atoms with Crippen molar-refractivity contribution in [2.75, 3.05) is 18.4 Å². The van der Waals surface area contributed by atoms with Crippen molar-refractivity contribution in [1.82, 2.24) is 14.5 Å². The molecule has 0 saturated carbocycles. The van der Waals surface area contributed by atoms with Crippen molar-refractivity contribution in [3.05, 3.63) is 53.8 Å². The highest BCUT2D eigenvalue weighted by Gasteiger charge is 2.19. The van der Waals surface area contributed by atoms with Gasteiger partial charge in [0.1, 0.15) is 5.82 Å². The van der Waals surface area contributed by atoms with Crippen LogP contribution in [-0.2, 0) is 6.54 Å². The molecule has 6 heteroatoms. The summed E-state index contributed by atoms with van der Waals surface area (Å²) in [7, 11) is 0. The molecule has 0 aliphatic carbocycles. The highest BCUT2D eigenvalue weighted by molar-refractivity contribution is 5.98. The number of nitrogens with zero attached hydrogens (tertiary/aromatic N) is 3.